The van der Waals surface area contributed by atoms with Crippen molar-refractivity contribution in [3.63, 3.8) is 0 Å². The number of hydrogen-bond donors (Lipinski definition) is 3. The summed E-state index contributed by atoms with van der Waals surface area (Å²) in [6, 6.07) is 14.7. The van der Waals surface area contributed by atoms with E-state index in [2.05, 4.69) is 20.3 Å². The maximum Gasteiger partial charge on any atom is 0.261 e. The van der Waals surface area contributed by atoms with Gasteiger partial charge in [-0.25, -0.2) is 4.98 Å². The van der Waals surface area contributed by atoms with Crippen LogP contribution in [0.15, 0.2) is 59.5 Å². The predicted octanol–water partition coefficient (Wildman–Crippen LogP) is 4.04. The van der Waals surface area contributed by atoms with Gasteiger partial charge in [0.05, 0.1) is 11.7 Å². The van der Waals surface area contributed by atoms with Gasteiger partial charge in [-0.05, 0) is 62.6 Å². The molecule has 4 rings (SSSR count). The largest absolute Gasteiger partial charge is 0.481 e. The first-order valence-electron chi connectivity index (χ1n) is 11.0. The zero-order valence-corrected chi connectivity index (χ0v) is 19.2. The van der Waals surface area contributed by atoms with Crippen LogP contribution in [-0.4, -0.2) is 27.0 Å². The van der Waals surface area contributed by atoms with E-state index in [-0.39, 0.29) is 11.5 Å². The third kappa shape index (κ3) is 5.14. The van der Waals surface area contributed by atoms with E-state index in [9.17, 15) is 9.59 Å². The number of ether oxygens (including phenoxy) is 1. The van der Waals surface area contributed by atoms with Gasteiger partial charge in [0.2, 0.25) is 0 Å². The van der Waals surface area contributed by atoms with Crippen LogP contribution in [0.3, 0.4) is 0 Å². The van der Waals surface area contributed by atoms with Crippen LogP contribution in [-0.2, 0) is 11.2 Å². The highest BCUT2D eigenvalue weighted by Crippen LogP contribution is 2.24. The van der Waals surface area contributed by atoms with Gasteiger partial charge in [0.15, 0.2) is 6.10 Å². The SMILES string of the molecule is Cc1nc([C@@H](Cc2c[nH]c3ccccc23)NC(=O)[C@H](C)Oc2ccc(C)c(C)c2)cc(=O)[nH]1. The van der Waals surface area contributed by atoms with Crippen LogP contribution in [0.1, 0.15) is 41.2 Å². The molecule has 0 unspecified atom stereocenters. The van der Waals surface area contributed by atoms with Gasteiger partial charge in [0, 0.05) is 29.6 Å². The molecule has 7 heteroatoms. The topological polar surface area (TPSA) is 99.9 Å². The molecule has 7 nitrogen and oxygen atoms in total. The molecule has 2 aromatic carbocycles. The van der Waals surface area contributed by atoms with Gasteiger partial charge in [0.1, 0.15) is 11.6 Å². The number of aromatic nitrogens is 3. The summed E-state index contributed by atoms with van der Waals surface area (Å²) in [6.45, 7) is 7.47. The Morgan fingerprint density at radius 1 is 1.09 bits per heavy atom. The number of nitrogens with one attached hydrogen (secondary N) is 3. The Bertz CT molecular complexity index is 1360. The van der Waals surface area contributed by atoms with E-state index in [4.69, 9.17) is 4.74 Å². The van der Waals surface area contributed by atoms with Gasteiger partial charge < -0.3 is 20.0 Å². The van der Waals surface area contributed by atoms with Gasteiger partial charge in [-0.15, -0.1) is 0 Å². The lowest BCUT2D eigenvalue weighted by molar-refractivity contribution is -0.128. The van der Waals surface area contributed by atoms with Crippen molar-refractivity contribution in [2.45, 2.75) is 46.3 Å². The molecule has 2 atom stereocenters. The van der Waals surface area contributed by atoms with Crippen LogP contribution in [0, 0.1) is 20.8 Å². The number of H-pyrrole nitrogens is 2. The van der Waals surface area contributed by atoms with Crippen LogP contribution in [0.2, 0.25) is 0 Å². The number of amides is 1. The zero-order chi connectivity index (χ0) is 23.5. The third-order valence-electron chi connectivity index (χ3n) is 5.81. The van der Waals surface area contributed by atoms with Crippen molar-refractivity contribution in [1.29, 1.82) is 0 Å². The lowest BCUT2D eigenvalue weighted by atomic mass is 10.0. The molecule has 0 aliphatic rings. The highest BCUT2D eigenvalue weighted by Gasteiger charge is 2.23. The Balaban J connectivity index is 1.59. The molecule has 0 spiro atoms. The van der Waals surface area contributed by atoms with Crippen LogP contribution < -0.4 is 15.6 Å². The van der Waals surface area contributed by atoms with E-state index in [0.29, 0.717) is 23.7 Å². The first-order chi connectivity index (χ1) is 15.8. The summed E-state index contributed by atoms with van der Waals surface area (Å²) in [5, 5.41) is 4.11. The van der Waals surface area contributed by atoms with E-state index < -0.39 is 12.1 Å². The molecule has 0 saturated carbocycles. The molecule has 0 saturated heterocycles. The Hall–Kier alpha value is -3.87. The lowest BCUT2D eigenvalue weighted by Crippen LogP contribution is -2.40. The lowest BCUT2D eigenvalue weighted by Gasteiger charge is -2.22. The van der Waals surface area contributed by atoms with Crippen molar-refractivity contribution < 1.29 is 9.53 Å². The minimum atomic E-state index is -0.722. The predicted molar refractivity (Wildman–Crippen MR) is 128 cm³/mol. The van der Waals surface area contributed by atoms with Crippen LogP contribution in [0.4, 0.5) is 0 Å². The maximum absolute atomic E-state index is 13.1. The summed E-state index contributed by atoms with van der Waals surface area (Å²) in [6.07, 6.45) is 1.68. The number of rotatable bonds is 7. The summed E-state index contributed by atoms with van der Waals surface area (Å²) in [7, 11) is 0. The molecule has 1 amide bonds. The zero-order valence-electron chi connectivity index (χ0n) is 19.2. The quantitative estimate of drug-likeness (QED) is 0.400. The molecular weight excluding hydrogens is 416 g/mol. The van der Waals surface area contributed by atoms with Gasteiger partial charge >= 0.3 is 0 Å². The minimum Gasteiger partial charge on any atom is -0.481 e. The van der Waals surface area contributed by atoms with Crippen molar-refractivity contribution in [3.8, 4) is 5.75 Å². The molecule has 0 aliphatic heterocycles. The van der Waals surface area contributed by atoms with Crippen molar-refractivity contribution in [2.75, 3.05) is 0 Å². The van der Waals surface area contributed by atoms with Crippen molar-refractivity contribution in [3.05, 3.63) is 93.3 Å². The molecule has 0 bridgehead atoms. The summed E-state index contributed by atoms with van der Waals surface area (Å²) in [5.41, 5.74) is 4.55. The van der Waals surface area contributed by atoms with Gasteiger partial charge in [-0.1, -0.05) is 24.3 Å². The van der Waals surface area contributed by atoms with E-state index in [1.54, 1.807) is 13.8 Å². The molecule has 0 radical (unpaired) electrons. The monoisotopic (exact) mass is 444 g/mol. The summed E-state index contributed by atoms with van der Waals surface area (Å²) in [5.74, 6) is 0.854. The second-order valence-corrected chi connectivity index (χ2v) is 8.39. The number of carbonyl (C=O) groups excluding carboxylic acids is 1. The van der Waals surface area contributed by atoms with Crippen molar-refractivity contribution >= 4 is 16.8 Å². The van der Waals surface area contributed by atoms with E-state index in [0.717, 1.165) is 27.6 Å². The number of benzene rings is 2. The Morgan fingerprint density at radius 3 is 2.64 bits per heavy atom. The van der Waals surface area contributed by atoms with Crippen LogP contribution in [0.25, 0.3) is 10.9 Å². The Kier molecular flexibility index (Phi) is 6.31. The van der Waals surface area contributed by atoms with Gasteiger partial charge in [-0.3, -0.25) is 9.59 Å². The smallest absolute Gasteiger partial charge is 0.261 e. The number of aromatic amines is 2. The molecule has 3 N–H and O–H groups in total. The first kappa shape index (κ1) is 22.3. The fraction of sp³-hybridized carbons (Fsp3) is 0.269. The molecule has 0 aliphatic carbocycles. The number of carbonyl (C=O) groups is 1. The van der Waals surface area contributed by atoms with E-state index >= 15 is 0 Å². The maximum atomic E-state index is 13.1. The highest BCUT2D eigenvalue weighted by atomic mass is 16.5. The first-order valence-corrected chi connectivity index (χ1v) is 11.0. The molecule has 2 aromatic heterocycles. The fourth-order valence-corrected chi connectivity index (χ4v) is 3.86. The number of fused-ring (bicyclic) bond motifs is 1. The van der Waals surface area contributed by atoms with Crippen molar-refractivity contribution in [2.24, 2.45) is 0 Å². The number of para-hydroxylation sites is 1. The summed E-state index contributed by atoms with van der Waals surface area (Å²) < 4.78 is 5.90. The normalized spacial score (nSPS) is 13.0. The van der Waals surface area contributed by atoms with Gasteiger partial charge in [-0.2, -0.15) is 0 Å². The molecule has 0 fully saturated rings. The molecular formula is C26H28N4O3. The standard InChI is InChI=1S/C26H28N4O3/c1-15-9-10-20(11-16(15)2)33-17(3)26(32)30-23(24-13-25(31)29-18(4)28-24)12-19-14-27-22-8-6-5-7-21(19)22/h5-11,13-14,17,23,27H,12H2,1-4H3,(H,30,32)(H,28,29,31)/t17-,23+/m0/s1. The third-order valence-corrected chi connectivity index (χ3v) is 5.81. The number of hydrogen-bond acceptors (Lipinski definition) is 4. The highest BCUT2D eigenvalue weighted by molar-refractivity contribution is 5.84. The molecule has 4 aromatic rings. The molecule has 33 heavy (non-hydrogen) atoms. The Morgan fingerprint density at radius 2 is 1.88 bits per heavy atom. The second kappa shape index (κ2) is 9.32. The van der Waals surface area contributed by atoms with Crippen LogP contribution in [0.5, 0.6) is 5.75 Å². The minimum absolute atomic E-state index is 0.255. The summed E-state index contributed by atoms with van der Waals surface area (Å²) >= 11 is 0. The summed E-state index contributed by atoms with van der Waals surface area (Å²) in [4.78, 5) is 35.6. The van der Waals surface area contributed by atoms with E-state index in [1.807, 2.05) is 62.5 Å². The second-order valence-electron chi connectivity index (χ2n) is 8.39. The molecule has 170 valence electrons. The van der Waals surface area contributed by atoms with E-state index in [1.165, 1.54) is 6.07 Å². The fourth-order valence-electron chi connectivity index (χ4n) is 3.86. The average Bonchev–Trinajstić information content (AvgIpc) is 3.18. The molecule has 2 heterocycles. The van der Waals surface area contributed by atoms with Crippen LogP contribution >= 0.6 is 0 Å². The van der Waals surface area contributed by atoms with Gasteiger partial charge in [0.25, 0.3) is 11.5 Å². The van der Waals surface area contributed by atoms with Crippen molar-refractivity contribution in [1.82, 2.24) is 20.3 Å². The average molecular weight is 445 g/mol. The Labute approximate surface area is 192 Å². The number of aryl methyl sites for hydroxylation is 3. The number of nitrogens with zero attached hydrogens (tertiary/aromatic N) is 1.